The average molecular weight is 505 g/mol. The number of halogens is 3. The molecule has 0 unspecified atom stereocenters. The Labute approximate surface area is 203 Å². The number of hydrazone groups is 1. The van der Waals surface area contributed by atoms with E-state index in [4.69, 9.17) is 9.72 Å². The highest BCUT2D eigenvalue weighted by atomic mass is 32.1. The minimum Gasteiger partial charge on any atom is -0.488 e. The molecule has 2 aromatic heterocycles. The first kappa shape index (κ1) is 23.3. The molecule has 0 atom stereocenters. The van der Waals surface area contributed by atoms with Crippen LogP contribution in [0.3, 0.4) is 0 Å². The number of rotatable bonds is 6. The number of hydrogen-bond donors (Lipinski definition) is 2. The molecule has 13 heteroatoms. The Hall–Kier alpha value is -3.45. The zero-order valence-electron chi connectivity index (χ0n) is 18.8. The summed E-state index contributed by atoms with van der Waals surface area (Å²) >= 11 is 1.66. The number of alkyl halides is 3. The summed E-state index contributed by atoms with van der Waals surface area (Å²) in [7, 11) is 0. The molecule has 184 valence electrons. The highest BCUT2D eigenvalue weighted by molar-refractivity contribution is 7.11. The van der Waals surface area contributed by atoms with E-state index in [-0.39, 0.29) is 0 Å². The molecule has 1 fully saturated rings. The van der Waals surface area contributed by atoms with E-state index in [2.05, 4.69) is 26.1 Å². The molecular formula is C22H23F3N8OS. The van der Waals surface area contributed by atoms with Gasteiger partial charge in [0.2, 0.25) is 5.95 Å². The largest absolute Gasteiger partial charge is 0.488 e. The lowest BCUT2D eigenvalue weighted by Gasteiger charge is -2.31. The van der Waals surface area contributed by atoms with Gasteiger partial charge < -0.3 is 9.64 Å². The van der Waals surface area contributed by atoms with Crippen molar-refractivity contribution in [1.29, 1.82) is 0 Å². The van der Waals surface area contributed by atoms with Crippen molar-refractivity contribution in [2.24, 2.45) is 5.10 Å². The molecule has 0 bridgehead atoms. The van der Waals surface area contributed by atoms with Crippen molar-refractivity contribution in [1.82, 2.24) is 26.0 Å². The Kier molecular flexibility index (Phi) is 6.43. The summed E-state index contributed by atoms with van der Waals surface area (Å²) in [4.78, 5) is 15.6. The number of benzene rings is 1. The van der Waals surface area contributed by atoms with Crippen molar-refractivity contribution in [3.8, 4) is 5.75 Å². The van der Waals surface area contributed by atoms with E-state index in [0.29, 0.717) is 31.6 Å². The first-order valence-electron chi connectivity index (χ1n) is 11.0. The number of nitrogens with one attached hydrogen (secondary N) is 2. The lowest BCUT2D eigenvalue weighted by atomic mass is 9.98. The number of ether oxygens (including phenoxy) is 1. The van der Waals surface area contributed by atoms with E-state index in [1.165, 1.54) is 0 Å². The van der Waals surface area contributed by atoms with Gasteiger partial charge in [-0.05, 0) is 44.0 Å². The van der Waals surface area contributed by atoms with Gasteiger partial charge in [0.25, 0.3) is 0 Å². The van der Waals surface area contributed by atoms with Crippen LogP contribution >= 0.6 is 11.3 Å². The van der Waals surface area contributed by atoms with Crippen LogP contribution in [0.2, 0.25) is 0 Å². The summed E-state index contributed by atoms with van der Waals surface area (Å²) in [6, 6.07) is 7.67. The quantitative estimate of drug-likeness (QED) is 0.521. The number of aromatic nitrogens is 3. The second-order valence-corrected chi connectivity index (χ2v) is 9.33. The van der Waals surface area contributed by atoms with Crippen molar-refractivity contribution in [3.05, 3.63) is 57.8 Å². The maximum atomic E-state index is 12.7. The Morgan fingerprint density at radius 3 is 2.46 bits per heavy atom. The smallest absolute Gasteiger partial charge is 0.419 e. The lowest BCUT2D eigenvalue weighted by molar-refractivity contribution is -0.138. The van der Waals surface area contributed by atoms with Crippen molar-refractivity contribution in [3.63, 3.8) is 0 Å². The van der Waals surface area contributed by atoms with Crippen LogP contribution < -0.4 is 25.7 Å². The fraction of sp³-hybridized carbons (Fsp3) is 0.364. The van der Waals surface area contributed by atoms with E-state index in [0.717, 1.165) is 52.3 Å². The Balaban J connectivity index is 1.15. The van der Waals surface area contributed by atoms with Gasteiger partial charge in [-0.1, -0.05) is 0 Å². The second-order valence-electron chi connectivity index (χ2n) is 8.21. The molecule has 0 amide bonds. The van der Waals surface area contributed by atoms with Crippen molar-refractivity contribution in [2.75, 3.05) is 23.0 Å². The van der Waals surface area contributed by atoms with Crippen LogP contribution in [0, 0.1) is 6.92 Å². The van der Waals surface area contributed by atoms with Crippen LogP contribution in [0.15, 0.2) is 41.8 Å². The average Bonchev–Trinajstić information content (AvgIpc) is 3.53. The molecule has 0 spiro atoms. The fourth-order valence-electron chi connectivity index (χ4n) is 3.90. The van der Waals surface area contributed by atoms with E-state index >= 15 is 0 Å². The molecule has 0 radical (unpaired) electrons. The van der Waals surface area contributed by atoms with E-state index in [9.17, 15) is 13.2 Å². The van der Waals surface area contributed by atoms with Gasteiger partial charge in [-0.2, -0.15) is 18.3 Å². The summed E-state index contributed by atoms with van der Waals surface area (Å²) < 4.78 is 44.2. The van der Waals surface area contributed by atoms with Gasteiger partial charge in [0, 0.05) is 31.4 Å². The first-order valence-corrected chi connectivity index (χ1v) is 11.8. The van der Waals surface area contributed by atoms with Gasteiger partial charge in [0.15, 0.2) is 0 Å². The number of nitrogens with zero attached hydrogens (tertiary/aromatic N) is 6. The Bertz CT molecular complexity index is 1170. The normalized spacial score (nSPS) is 16.6. The molecule has 3 aromatic rings. The van der Waals surface area contributed by atoms with Crippen LogP contribution in [0.5, 0.6) is 5.75 Å². The molecule has 35 heavy (non-hydrogen) atoms. The third-order valence-corrected chi connectivity index (χ3v) is 7.19. The number of hydrogen-bond acceptors (Lipinski definition) is 10. The summed E-state index contributed by atoms with van der Waals surface area (Å²) in [5.74, 6) is 1.38. The molecule has 2 aliphatic heterocycles. The zero-order valence-corrected chi connectivity index (χ0v) is 19.6. The Morgan fingerprint density at radius 1 is 1.11 bits per heavy atom. The number of hydrazine groups is 2. The van der Waals surface area contributed by atoms with Gasteiger partial charge in [0.1, 0.15) is 18.7 Å². The lowest BCUT2D eigenvalue weighted by Crippen LogP contribution is -2.37. The van der Waals surface area contributed by atoms with E-state index in [1.54, 1.807) is 22.7 Å². The van der Waals surface area contributed by atoms with Crippen molar-refractivity contribution in [2.45, 2.75) is 38.5 Å². The molecule has 0 aliphatic carbocycles. The third kappa shape index (κ3) is 5.30. The van der Waals surface area contributed by atoms with Gasteiger partial charge in [-0.3, -0.25) is 0 Å². The minimum absolute atomic E-state index is 0.292. The summed E-state index contributed by atoms with van der Waals surface area (Å²) in [6.45, 7) is 3.75. The number of piperidine rings is 1. The molecule has 9 nitrogen and oxygen atoms in total. The van der Waals surface area contributed by atoms with E-state index < -0.39 is 11.7 Å². The molecule has 2 N–H and O–H groups in total. The third-order valence-electron chi connectivity index (χ3n) is 5.89. The molecule has 4 heterocycles. The maximum absolute atomic E-state index is 12.7. The number of anilines is 2. The van der Waals surface area contributed by atoms with Gasteiger partial charge in [-0.25, -0.2) is 25.5 Å². The van der Waals surface area contributed by atoms with Gasteiger partial charge >= 0.3 is 6.18 Å². The minimum atomic E-state index is -4.43. The highest BCUT2D eigenvalue weighted by Gasteiger charge is 2.32. The van der Waals surface area contributed by atoms with Crippen LogP contribution in [0.1, 0.15) is 39.9 Å². The predicted octanol–water partition coefficient (Wildman–Crippen LogP) is 4.00. The van der Waals surface area contributed by atoms with Crippen LogP contribution in [0.4, 0.5) is 24.8 Å². The van der Waals surface area contributed by atoms with Crippen LogP contribution in [0.25, 0.3) is 0 Å². The molecule has 1 aromatic carbocycles. The van der Waals surface area contributed by atoms with Gasteiger partial charge in [0.05, 0.1) is 26.8 Å². The Morgan fingerprint density at radius 2 is 1.83 bits per heavy atom. The SMILES string of the molecule is Cc1nc(C2CCN(c3ncc(C(F)(F)F)cn3)CC2)sc1COc1ccc(N2C=NNN2)cc1. The second kappa shape index (κ2) is 9.66. The molecule has 0 saturated carbocycles. The molecule has 1 saturated heterocycles. The molecule has 5 rings (SSSR count). The topological polar surface area (TPSA) is 90.8 Å². The molecule has 2 aliphatic rings. The zero-order chi connectivity index (χ0) is 24.4. The van der Waals surface area contributed by atoms with Crippen molar-refractivity contribution < 1.29 is 17.9 Å². The summed E-state index contributed by atoms with van der Waals surface area (Å²) in [5, 5.41) is 6.69. The fourth-order valence-corrected chi connectivity index (χ4v) is 5.05. The summed E-state index contributed by atoms with van der Waals surface area (Å²) in [5.41, 5.74) is 6.57. The monoisotopic (exact) mass is 504 g/mol. The highest BCUT2D eigenvalue weighted by Crippen LogP contribution is 2.34. The van der Waals surface area contributed by atoms with Gasteiger partial charge in [-0.15, -0.1) is 16.9 Å². The standard InChI is InChI=1S/C22H23F3N8OS/c1-14-19(12-34-18-4-2-17(3-5-18)33-13-28-30-31-33)35-20(29-14)15-6-8-32(9-7-15)21-26-10-16(11-27-21)22(23,24)25/h2-5,10-11,13,15,30-31H,6-9,12H2,1H3. The molecular weight excluding hydrogens is 481 g/mol. The maximum Gasteiger partial charge on any atom is 0.419 e. The first-order chi connectivity index (χ1) is 16.9. The number of aryl methyl sites for hydroxylation is 1. The van der Waals surface area contributed by atoms with Crippen LogP contribution in [-0.2, 0) is 12.8 Å². The van der Waals surface area contributed by atoms with E-state index in [1.807, 2.05) is 36.1 Å². The predicted molar refractivity (Wildman–Crippen MR) is 126 cm³/mol. The number of thiazole rings is 1. The van der Waals surface area contributed by atoms with Crippen molar-refractivity contribution >= 4 is 29.3 Å². The summed E-state index contributed by atoms with van der Waals surface area (Å²) in [6.07, 6.45) is 0.556. The van der Waals surface area contributed by atoms with Crippen LogP contribution in [-0.4, -0.2) is 34.4 Å².